The maximum absolute atomic E-state index is 11.8. The molecule has 2 aliphatic heterocycles. The fourth-order valence-corrected chi connectivity index (χ4v) is 4.42. The number of rotatable bonds is 1. The molecule has 2 bridgehead atoms. The van der Waals surface area contributed by atoms with Crippen molar-refractivity contribution in [2.45, 2.75) is 90.6 Å². The minimum absolute atomic E-state index is 0.113. The number of aryl methyl sites for hydroxylation is 1. The molecule has 5 heteroatoms. The highest BCUT2D eigenvalue weighted by Crippen LogP contribution is 2.43. The van der Waals surface area contributed by atoms with Crippen LogP contribution in [0.25, 0.3) is 0 Å². The highest BCUT2D eigenvalue weighted by atomic mass is 16.6. The Kier molecular flexibility index (Phi) is 5.82. The predicted molar refractivity (Wildman–Crippen MR) is 102 cm³/mol. The summed E-state index contributed by atoms with van der Waals surface area (Å²) >= 11 is 0. The van der Waals surface area contributed by atoms with Crippen LogP contribution in [0.1, 0.15) is 76.4 Å². The van der Waals surface area contributed by atoms with Gasteiger partial charge in [-0.3, -0.25) is 4.79 Å². The van der Waals surface area contributed by atoms with Crippen LogP contribution in [0.2, 0.25) is 0 Å². The number of allylic oxidation sites excluding steroid dienone is 2. The molecule has 1 aromatic heterocycles. The van der Waals surface area contributed by atoms with Gasteiger partial charge in [0.1, 0.15) is 11.9 Å². The van der Waals surface area contributed by atoms with Gasteiger partial charge in [0, 0.05) is 18.9 Å². The molecule has 3 rings (SSSR count). The molecule has 1 fully saturated rings. The minimum Gasteiger partial charge on any atom is -0.468 e. The summed E-state index contributed by atoms with van der Waals surface area (Å²) in [6.45, 7) is 9.53. The monoisotopic (exact) mass is 376 g/mol. The fraction of sp³-hybridized carbons (Fsp3) is 0.682. The lowest BCUT2D eigenvalue weighted by atomic mass is 9.86. The van der Waals surface area contributed by atoms with Crippen molar-refractivity contribution in [2.24, 2.45) is 5.92 Å². The number of hydrogen-bond donors (Lipinski definition) is 1. The van der Waals surface area contributed by atoms with Crippen LogP contribution in [0.4, 0.5) is 0 Å². The quantitative estimate of drug-likeness (QED) is 0.581. The molecule has 0 amide bonds. The van der Waals surface area contributed by atoms with E-state index in [1.54, 1.807) is 6.26 Å². The molecule has 0 aliphatic carbocycles. The average Bonchev–Trinajstić information content (AvgIpc) is 3.16. The third-order valence-electron chi connectivity index (χ3n) is 6.13. The van der Waals surface area contributed by atoms with Crippen LogP contribution in [0.3, 0.4) is 0 Å². The molecule has 0 radical (unpaired) electrons. The van der Waals surface area contributed by atoms with E-state index in [0.29, 0.717) is 12.3 Å². The van der Waals surface area contributed by atoms with Crippen molar-refractivity contribution < 1.29 is 23.8 Å². The Morgan fingerprint density at radius 2 is 2.07 bits per heavy atom. The van der Waals surface area contributed by atoms with Crippen LogP contribution >= 0.6 is 0 Å². The van der Waals surface area contributed by atoms with Crippen LogP contribution in [-0.4, -0.2) is 28.9 Å². The molecule has 5 atom stereocenters. The maximum Gasteiger partial charge on any atom is 0.303 e. The second-order valence-electron chi connectivity index (χ2n) is 8.52. The van der Waals surface area contributed by atoms with Crippen molar-refractivity contribution in [1.29, 1.82) is 0 Å². The van der Waals surface area contributed by atoms with Gasteiger partial charge in [-0.25, -0.2) is 0 Å². The van der Waals surface area contributed by atoms with Crippen molar-refractivity contribution >= 4 is 5.97 Å². The van der Waals surface area contributed by atoms with Crippen LogP contribution in [0, 0.1) is 12.8 Å². The summed E-state index contributed by atoms with van der Waals surface area (Å²) in [6, 6.07) is 0. The number of fused-ring (bicyclic) bond motifs is 3. The molecule has 5 unspecified atom stereocenters. The Labute approximate surface area is 161 Å². The zero-order chi connectivity index (χ0) is 19.8. The summed E-state index contributed by atoms with van der Waals surface area (Å²) in [5, 5.41) is 11.3. The number of aliphatic hydroxyl groups is 1. The highest BCUT2D eigenvalue weighted by Gasteiger charge is 2.48. The topological polar surface area (TPSA) is 68.9 Å². The van der Waals surface area contributed by atoms with Crippen molar-refractivity contribution in [3.8, 4) is 0 Å². The van der Waals surface area contributed by atoms with Crippen LogP contribution < -0.4 is 0 Å². The van der Waals surface area contributed by atoms with Gasteiger partial charge in [0.15, 0.2) is 6.10 Å². The maximum atomic E-state index is 11.8. The van der Waals surface area contributed by atoms with Gasteiger partial charge in [-0.1, -0.05) is 18.6 Å². The first kappa shape index (κ1) is 20.2. The molecule has 0 aromatic carbocycles. The molecule has 2 aliphatic rings. The Hall–Kier alpha value is -1.59. The Morgan fingerprint density at radius 1 is 1.33 bits per heavy atom. The van der Waals surface area contributed by atoms with Gasteiger partial charge in [0.25, 0.3) is 0 Å². The normalized spacial score (nSPS) is 34.7. The lowest BCUT2D eigenvalue weighted by Crippen LogP contribution is -2.45. The zero-order valence-electron chi connectivity index (χ0n) is 17.1. The van der Waals surface area contributed by atoms with Crippen LogP contribution in [-0.2, 0) is 20.7 Å². The molecule has 1 saturated heterocycles. The number of carbonyl (C=O) groups is 1. The SMILES string of the molecule is CC(=O)OC1c2c(C)coc2CC(C)=CCCC(C)C2CCC(C)(O2)C1O. The Balaban J connectivity index is 2.06. The van der Waals surface area contributed by atoms with Gasteiger partial charge in [0.05, 0.1) is 18.0 Å². The van der Waals surface area contributed by atoms with Gasteiger partial charge in [-0.15, -0.1) is 0 Å². The van der Waals surface area contributed by atoms with Crippen molar-refractivity contribution in [1.82, 2.24) is 0 Å². The average molecular weight is 376 g/mol. The number of ether oxygens (including phenoxy) is 2. The van der Waals surface area contributed by atoms with Gasteiger partial charge < -0.3 is 19.0 Å². The van der Waals surface area contributed by atoms with E-state index in [2.05, 4.69) is 19.9 Å². The van der Waals surface area contributed by atoms with E-state index in [4.69, 9.17) is 13.9 Å². The summed E-state index contributed by atoms with van der Waals surface area (Å²) in [4.78, 5) is 11.8. The smallest absolute Gasteiger partial charge is 0.303 e. The lowest BCUT2D eigenvalue weighted by Gasteiger charge is -2.36. The third kappa shape index (κ3) is 4.14. The molecule has 5 nitrogen and oxygen atoms in total. The van der Waals surface area contributed by atoms with Crippen LogP contribution in [0.15, 0.2) is 22.3 Å². The number of furan rings is 1. The predicted octanol–water partition coefficient (Wildman–Crippen LogP) is 4.41. The highest BCUT2D eigenvalue weighted by molar-refractivity contribution is 5.66. The van der Waals surface area contributed by atoms with Crippen molar-refractivity contribution in [3.05, 3.63) is 34.8 Å². The molecule has 1 N–H and O–H groups in total. The second-order valence-corrected chi connectivity index (χ2v) is 8.52. The minimum atomic E-state index is -0.960. The number of esters is 1. The fourth-order valence-electron chi connectivity index (χ4n) is 4.42. The van der Waals surface area contributed by atoms with Crippen molar-refractivity contribution in [2.75, 3.05) is 0 Å². The molecule has 1 aromatic rings. The van der Waals surface area contributed by atoms with E-state index in [1.165, 1.54) is 12.5 Å². The standard InChI is InChI=1S/C22H32O5/c1-13-7-6-8-14(2)17-9-10-22(5,27-17)21(24)20(26-16(4)23)19-15(3)12-25-18(19)11-13/h7,12,14,17,20-21,24H,6,8-11H2,1-5H3. The summed E-state index contributed by atoms with van der Waals surface area (Å²) in [6.07, 6.45) is 6.61. The number of aliphatic hydroxyl groups excluding tert-OH is 1. The zero-order valence-corrected chi connectivity index (χ0v) is 17.1. The number of carbonyl (C=O) groups excluding carboxylic acids is 1. The molecule has 0 saturated carbocycles. The first-order valence-corrected chi connectivity index (χ1v) is 9.97. The molecular formula is C22H32O5. The second kappa shape index (κ2) is 7.80. The van der Waals surface area contributed by atoms with E-state index in [-0.39, 0.29) is 6.10 Å². The van der Waals surface area contributed by atoms with E-state index in [1.807, 2.05) is 13.8 Å². The van der Waals surface area contributed by atoms with Crippen molar-refractivity contribution in [3.63, 3.8) is 0 Å². The van der Waals surface area contributed by atoms with Gasteiger partial charge in [0.2, 0.25) is 0 Å². The van der Waals surface area contributed by atoms with Gasteiger partial charge >= 0.3 is 5.97 Å². The van der Waals surface area contributed by atoms with Gasteiger partial charge in [-0.2, -0.15) is 0 Å². The summed E-state index contributed by atoms with van der Waals surface area (Å²) in [5.41, 5.74) is 2.11. The first-order chi connectivity index (χ1) is 12.7. The Bertz CT molecular complexity index is 718. The molecule has 27 heavy (non-hydrogen) atoms. The molecular weight excluding hydrogens is 344 g/mol. The number of hydrogen-bond acceptors (Lipinski definition) is 5. The Morgan fingerprint density at radius 3 is 2.78 bits per heavy atom. The van der Waals surface area contributed by atoms with E-state index in [0.717, 1.165) is 42.6 Å². The largest absolute Gasteiger partial charge is 0.468 e. The molecule has 0 spiro atoms. The molecule has 3 heterocycles. The van der Waals surface area contributed by atoms with Crippen LogP contribution in [0.5, 0.6) is 0 Å². The summed E-state index contributed by atoms with van der Waals surface area (Å²) < 4.78 is 17.8. The lowest BCUT2D eigenvalue weighted by molar-refractivity contribution is -0.177. The summed E-state index contributed by atoms with van der Waals surface area (Å²) in [5.74, 6) is 0.736. The molecule has 150 valence electrons. The van der Waals surface area contributed by atoms with E-state index in [9.17, 15) is 9.90 Å². The van der Waals surface area contributed by atoms with E-state index < -0.39 is 23.8 Å². The first-order valence-electron chi connectivity index (χ1n) is 9.97. The van der Waals surface area contributed by atoms with E-state index >= 15 is 0 Å². The summed E-state index contributed by atoms with van der Waals surface area (Å²) in [7, 11) is 0. The van der Waals surface area contributed by atoms with Gasteiger partial charge in [-0.05, 0) is 57.9 Å². The third-order valence-corrected chi connectivity index (χ3v) is 6.13.